The van der Waals surface area contributed by atoms with Gasteiger partial charge in [-0.3, -0.25) is 4.79 Å². The predicted octanol–water partition coefficient (Wildman–Crippen LogP) is -0.657. The molecule has 1 fully saturated rings. The number of tetrazole rings is 1. The van der Waals surface area contributed by atoms with Crippen LogP contribution in [0.1, 0.15) is 25.6 Å². The zero-order chi connectivity index (χ0) is 12.1. The minimum Gasteiger partial charge on any atom is -0.337 e. The molecule has 0 bridgehead atoms. The smallest absolute Gasteiger partial charge is 0.223 e. The van der Waals surface area contributed by atoms with Crippen LogP contribution < -0.4 is 5.32 Å². The maximum atomic E-state index is 12.1. The summed E-state index contributed by atoms with van der Waals surface area (Å²) in [5.74, 6) is 0.782. The first-order valence-corrected chi connectivity index (χ1v) is 6.03. The lowest BCUT2D eigenvalue weighted by molar-refractivity contribution is -0.134. The van der Waals surface area contributed by atoms with Gasteiger partial charge >= 0.3 is 0 Å². The van der Waals surface area contributed by atoms with Crippen molar-refractivity contribution in [1.29, 1.82) is 0 Å². The van der Waals surface area contributed by atoms with Gasteiger partial charge in [0.25, 0.3) is 0 Å². The molecule has 17 heavy (non-hydrogen) atoms. The Hall–Kier alpha value is -1.50. The summed E-state index contributed by atoms with van der Waals surface area (Å²) in [6.45, 7) is 4.68. The first-order valence-electron chi connectivity index (χ1n) is 6.03. The summed E-state index contributed by atoms with van der Waals surface area (Å²) < 4.78 is 0. The molecule has 1 unspecified atom stereocenters. The van der Waals surface area contributed by atoms with E-state index in [1.54, 1.807) is 0 Å². The van der Waals surface area contributed by atoms with E-state index in [0.717, 1.165) is 26.1 Å². The molecule has 1 saturated heterocycles. The third-order valence-corrected chi connectivity index (χ3v) is 3.09. The van der Waals surface area contributed by atoms with Crippen molar-refractivity contribution < 1.29 is 4.79 Å². The van der Waals surface area contributed by atoms with Crippen LogP contribution in [-0.2, 0) is 11.2 Å². The number of carbonyl (C=O) groups excluding carboxylic acids is 1. The highest BCUT2D eigenvalue weighted by Gasteiger charge is 2.24. The zero-order valence-electron chi connectivity index (χ0n) is 10.0. The Bertz CT molecular complexity index is 352. The lowest BCUT2D eigenvalue weighted by Crippen LogP contribution is -2.53. The molecule has 0 aromatic carbocycles. The standard InChI is InChI=1S/C10H18N6O/c1-2-8-7-11-5-6-16(8)10(17)4-3-9-12-14-15-13-9/h8,11H,2-7H2,1H3,(H,12,13,14,15). The van der Waals surface area contributed by atoms with Crippen molar-refractivity contribution in [2.45, 2.75) is 32.2 Å². The van der Waals surface area contributed by atoms with Crippen molar-refractivity contribution in [1.82, 2.24) is 30.8 Å². The lowest BCUT2D eigenvalue weighted by Gasteiger charge is -2.35. The van der Waals surface area contributed by atoms with E-state index in [-0.39, 0.29) is 5.91 Å². The fraction of sp³-hybridized carbons (Fsp3) is 0.800. The number of aryl methyl sites for hydroxylation is 1. The van der Waals surface area contributed by atoms with Gasteiger partial charge in [-0.15, -0.1) is 10.2 Å². The van der Waals surface area contributed by atoms with E-state index in [1.807, 2.05) is 4.90 Å². The maximum Gasteiger partial charge on any atom is 0.223 e. The van der Waals surface area contributed by atoms with E-state index in [1.165, 1.54) is 0 Å². The minimum absolute atomic E-state index is 0.183. The molecule has 1 amide bonds. The van der Waals surface area contributed by atoms with Crippen molar-refractivity contribution in [3.63, 3.8) is 0 Å². The Morgan fingerprint density at radius 3 is 3.18 bits per heavy atom. The Labute approximate surface area is 100.0 Å². The number of aromatic amines is 1. The van der Waals surface area contributed by atoms with Gasteiger partial charge in [0.15, 0.2) is 5.82 Å². The number of hydrogen-bond acceptors (Lipinski definition) is 5. The maximum absolute atomic E-state index is 12.1. The van der Waals surface area contributed by atoms with Crippen LogP contribution in [0.5, 0.6) is 0 Å². The van der Waals surface area contributed by atoms with Crippen molar-refractivity contribution in [2.24, 2.45) is 0 Å². The third kappa shape index (κ3) is 3.00. The molecule has 0 radical (unpaired) electrons. The molecule has 0 aliphatic carbocycles. The molecule has 2 N–H and O–H groups in total. The molecular formula is C10H18N6O. The molecule has 0 spiro atoms. The van der Waals surface area contributed by atoms with Crippen LogP contribution in [-0.4, -0.2) is 57.1 Å². The largest absolute Gasteiger partial charge is 0.337 e. The molecule has 94 valence electrons. The molecule has 7 heteroatoms. The average molecular weight is 238 g/mol. The summed E-state index contributed by atoms with van der Waals surface area (Å²) in [6.07, 6.45) is 1.99. The highest BCUT2D eigenvalue weighted by atomic mass is 16.2. The van der Waals surface area contributed by atoms with Gasteiger partial charge < -0.3 is 10.2 Å². The summed E-state index contributed by atoms with van der Waals surface area (Å²) in [5, 5.41) is 16.9. The number of H-pyrrole nitrogens is 1. The van der Waals surface area contributed by atoms with Crippen molar-refractivity contribution in [3.8, 4) is 0 Å². The van der Waals surface area contributed by atoms with Crippen LogP contribution in [0.3, 0.4) is 0 Å². The Morgan fingerprint density at radius 1 is 1.59 bits per heavy atom. The van der Waals surface area contributed by atoms with Crippen LogP contribution >= 0.6 is 0 Å². The minimum atomic E-state index is 0.183. The molecule has 1 atom stereocenters. The number of amides is 1. The van der Waals surface area contributed by atoms with E-state index in [4.69, 9.17) is 0 Å². The van der Waals surface area contributed by atoms with Gasteiger partial charge in [-0.1, -0.05) is 12.1 Å². The number of carbonyl (C=O) groups is 1. The third-order valence-electron chi connectivity index (χ3n) is 3.09. The fourth-order valence-corrected chi connectivity index (χ4v) is 2.10. The zero-order valence-corrected chi connectivity index (χ0v) is 10.0. The number of hydrogen-bond donors (Lipinski definition) is 2. The van der Waals surface area contributed by atoms with Gasteiger partial charge in [0.05, 0.1) is 0 Å². The Kier molecular flexibility index (Phi) is 4.03. The first kappa shape index (κ1) is 12.0. The van der Waals surface area contributed by atoms with Crippen LogP contribution in [0.15, 0.2) is 0 Å². The van der Waals surface area contributed by atoms with Crippen LogP contribution in [0.4, 0.5) is 0 Å². The van der Waals surface area contributed by atoms with Crippen molar-refractivity contribution in [2.75, 3.05) is 19.6 Å². The van der Waals surface area contributed by atoms with Gasteiger partial charge in [-0.25, -0.2) is 0 Å². The van der Waals surface area contributed by atoms with Crippen molar-refractivity contribution in [3.05, 3.63) is 5.82 Å². The topological polar surface area (TPSA) is 86.8 Å². The van der Waals surface area contributed by atoms with E-state index in [0.29, 0.717) is 24.7 Å². The summed E-state index contributed by atoms with van der Waals surface area (Å²) in [5.41, 5.74) is 0. The molecule has 1 aromatic rings. The van der Waals surface area contributed by atoms with Gasteiger partial charge in [-0.05, 0) is 6.42 Å². The fourth-order valence-electron chi connectivity index (χ4n) is 2.10. The number of piperazine rings is 1. The number of nitrogens with zero attached hydrogens (tertiary/aromatic N) is 4. The SMILES string of the molecule is CCC1CNCCN1C(=O)CCc1nn[nH]n1. The van der Waals surface area contributed by atoms with Crippen molar-refractivity contribution >= 4 is 5.91 Å². The van der Waals surface area contributed by atoms with Crippen LogP contribution in [0.2, 0.25) is 0 Å². The second kappa shape index (κ2) is 5.72. The molecule has 1 aromatic heterocycles. The highest BCUT2D eigenvalue weighted by Crippen LogP contribution is 2.09. The summed E-state index contributed by atoms with van der Waals surface area (Å²) in [4.78, 5) is 14.0. The highest BCUT2D eigenvalue weighted by molar-refractivity contribution is 5.76. The molecular weight excluding hydrogens is 220 g/mol. The second-order valence-corrected chi connectivity index (χ2v) is 4.18. The second-order valence-electron chi connectivity index (χ2n) is 4.18. The Morgan fingerprint density at radius 2 is 2.47 bits per heavy atom. The lowest BCUT2D eigenvalue weighted by atomic mass is 10.1. The molecule has 1 aliphatic heterocycles. The number of nitrogens with one attached hydrogen (secondary N) is 2. The molecule has 2 rings (SSSR count). The molecule has 1 aliphatic rings. The predicted molar refractivity (Wildman–Crippen MR) is 61.2 cm³/mol. The van der Waals surface area contributed by atoms with E-state index in [9.17, 15) is 4.79 Å². The average Bonchev–Trinajstić information content (AvgIpc) is 2.89. The van der Waals surface area contributed by atoms with E-state index in [2.05, 4.69) is 32.9 Å². The van der Waals surface area contributed by atoms with Crippen LogP contribution in [0.25, 0.3) is 0 Å². The van der Waals surface area contributed by atoms with Gasteiger partial charge in [0.1, 0.15) is 0 Å². The first-order chi connectivity index (χ1) is 8.31. The molecule has 7 nitrogen and oxygen atoms in total. The van der Waals surface area contributed by atoms with Gasteiger partial charge in [0.2, 0.25) is 5.91 Å². The van der Waals surface area contributed by atoms with E-state index < -0.39 is 0 Å². The van der Waals surface area contributed by atoms with Gasteiger partial charge in [-0.2, -0.15) is 5.21 Å². The number of rotatable bonds is 4. The normalized spacial score (nSPS) is 20.5. The molecule has 0 saturated carbocycles. The number of aromatic nitrogens is 4. The van der Waals surface area contributed by atoms with E-state index >= 15 is 0 Å². The van der Waals surface area contributed by atoms with Gasteiger partial charge in [0, 0.05) is 38.5 Å². The molecule has 2 heterocycles. The van der Waals surface area contributed by atoms with Crippen LogP contribution in [0, 0.1) is 0 Å². The Balaban J connectivity index is 1.85. The summed E-state index contributed by atoms with van der Waals surface area (Å²) in [6, 6.07) is 0.321. The summed E-state index contributed by atoms with van der Waals surface area (Å²) in [7, 11) is 0. The summed E-state index contributed by atoms with van der Waals surface area (Å²) >= 11 is 0. The quantitative estimate of drug-likeness (QED) is 0.727. The monoisotopic (exact) mass is 238 g/mol.